The molecule has 1 aromatic carbocycles. The van der Waals surface area contributed by atoms with Crippen molar-refractivity contribution in [3.63, 3.8) is 0 Å². The van der Waals surface area contributed by atoms with E-state index in [2.05, 4.69) is 16.1 Å². The molecule has 0 aliphatic rings. The fourth-order valence-corrected chi connectivity index (χ4v) is 1.39. The van der Waals surface area contributed by atoms with Crippen LogP contribution in [-0.4, -0.2) is 24.7 Å². The van der Waals surface area contributed by atoms with E-state index in [1.165, 1.54) is 29.7 Å². The van der Waals surface area contributed by atoms with Crippen LogP contribution in [0.5, 0.6) is 0 Å². The highest BCUT2D eigenvalue weighted by Gasteiger charge is 2.38. The van der Waals surface area contributed by atoms with Gasteiger partial charge in [-0.3, -0.25) is 15.6 Å². The number of halogens is 3. The van der Waals surface area contributed by atoms with Crippen molar-refractivity contribution in [2.24, 2.45) is 0 Å². The number of hydrogen-bond donors (Lipinski definition) is 4. The number of alkyl halides is 3. The van der Waals surface area contributed by atoms with Gasteiger partial charge in [-0.1, -0.05) is 13.3 Å². The molecule has 0 unspecified atom stereocenters. The molecule has 1 rings (SSSR count). The number of hydrogen-bond acceptors (Lipinski definition) is 3. The first-order valence-corrected chi connectivity index (χ1v) is 6.61. The standard InChI is InChI=1S/C13H17F3N4O2/c1-2-3-8-17-12(22)18-9-4-6-10(7-5-9)19-20-11(21)13(14,15)16/h4-7,19H,2-3,8H2,1H3,(H,20,21)(H2,17,18,22). The Kier molecular flexibility index (Phi) is 6.48. The Morgan fingerprint density at radius 1 is 1.09 bits per heavy atom. The molecular formula is C13H17F3N4O2. The molecule has 0 saturated heterocycles. The number of benzene rings is 1. The van der Waals surface area contributed by atoms with E-state index in [1.807, 2.05) is 6.92 Å². The fraction of sp³-hybridized carbons (Fsp3) is 0.385. The summed E-state index contributed by atoms with van der Waals surface area (Å²) in [4.78, 5) is 22.1. The zero-order chi connectivity index (χ0) is 16.6. The molecule has 0 aliphatic heterocycles. The molecule has 22 heavy (non-hydrogen) atoms. The number of carbonyl (C=O) groups excluding carboxylic acids is 2. The Labute approximate surface area is 125 Å². The molecule has 0 aliphatic carbocycles. The van der Waals surface area contributed by atoms with Crippen LogP contribution < -0.4 is 21.5 Å². The maximum absolute atomic E-state index is 12.0. The zero-order valence-electron chi connectivity index (χ0n) is 11.9. The summed E-state index contributed by atoms with van der Waals surface area (Å²) in [5.74, 6) is -2.09. The summed E-state index contributed by atoms with van der Waals surface area (Å²) in [6, 6.07) is 5.44. The predicted molar refractivity (Wildman–Crippen MR) is 76.2 cm³/mol. The lowest BCUT2D eigenvalue weighted by molar-refractivity contribution is -0.173. The van der Waals surface area contributed by atoms with E-state index in [1.54, 1.807) is 0 Å². The summed E-state index contributed by atoms with van der Waals surface area (Å²) in [6.07, 6.45) is -3.12. The van der Waals surface area contributed by atoms with Crippen molar-refractivity contribution in [1.82, 2.24) is 10.7 Å². The summed E-state index contributed by atoms with van der Waals surface area (Å²) < 4.78 is 35.9. The summed E-state index contributed by atoms with van der Waals surface area (Å²) in [6.45, 7) is 2.56. The number of urea groups is 1. The Morgan fingerprint density at radius 3 is 2.23 bits per heavy atom. The molecule has 0 spiro atoms. The lowest BCUT2D eigenvalue weighted by Gasteiger charge is -2.11. The highest BCUT2D eigenvalue weighted by Crippen LogP contribution is 2.15. The van der Waals surface area contributed by atoms with Crippen LogP contribution >= 0.6 is 0 Å². The zero-order valence-corrected chi connectivity index (χ0v) is 11.9. The Hall–Kier alpha value is -2.45. The first kappa shape index (κ1) is 17.6. The van der Waals surface area contributed by atoms with Crippen molar-refractivity contribution in [2.45, 2.75) is 25.9 Å². The van der Waals surface area contributed by atoms with E-state index in [-0.39, 0.29) is 11.7 Å². The summed E-state index contributed by atoms with van der Waals surface area (Å²) in [7, 11) is 0. The van der Waals surface area contributed by atoms with E-state index in [0.717, 1.165) is 12.8 Å². The minimum atomic E-state index is -4.95. The van der Waals surface area contributed by atoms with Crippen molar-refractivity contribution in [2.75, 3.05) is 17.3 Å². The molecule has 0 fully saturated rings. The SMILES string of the molecule is CCCCNC(=O)Nc1ccc(NNC(=O)C(F)(F)F)cc1. The molecule has 0 radical (unpaired) electrons. The van der Waals surface area contributed by atoms with Gasteiger partial charge in [-0.25, -0.2) is 4.79 Å². The maximum atomic E-state index is 12.0. The molecule has 9 heteroatoms. The number of unbranched alkanes of at least 4 members (excludes halogenated alkanes) is 1. The third-order valence-electron chi connectivity index (χ3n) is 2.54. The largest absolute Gasteiger partial charge is 0.472 e. The van der Waals surface area contributed by atoms with Gasteiger partial charge >= 0.3 is 18.1 Å². The first-order valence-electron chi connectivity index (χ1n) is 6.61. The molecule has 0 heterocycles. The minimum Gasteiger partial charge on any atom is -0.338 e. The second kappa shape index (κ2) is 8.11. The first-order chi connectivity index (χ1) is 10.3. The average molecular weight is 318 g/mol. The van der Waals surface area contributed by atoms with Crippen LogP contribution in [0, 0.1) is 0 Å². The quantitative estimate of drug-likeness (QED) is 0.481. The molecule has 0 atom stereocenters. The molecule has 0 saturated carbocycles. The van der Waals surface area contributed by atoms with Gasteiger partial charge in [0.2, 0.25) is 0 Å². The molecule has 0 bridgehead atoms. The second-order valence-electron chi connectivity index (χ2n) is 4.39. The smallest absolute Gasteiger partial charge is 0.338 e. The van der Waals surface area contributed by atoms with Gasteiger partial charge in [0.1, 0.15) is 0 Å². The number of anilines is 2. The third-order valence-corrected chi connectivity index (χ3v) is 2.54. The highest BCUT2D eigenvalue weighted by molar-refractivity contribution is 5.89. The van der Waals surface area contributed by atoms with Crippen LogP contribution in [0.15, 0.2) is 24.3 Å². The molecule has 0 aromatic heterocycles. The number of hydrazine groups is 1. The van der Waals surface area contributed by atoms with Gasteiger partial charge in [0.15, 0.2) is 0 Å². The fourth-order valence-electron chi connectivity index (χ4n) is 1.39. The van der Waals surface area contributed by atoms with Crippen LogP contribution in [0.4, 0.5) is 29.3 Å². The molecule has 4 N–H and O–H groups in total. The molecule has 3 amide bonds. The topological polar surface area (TPSA) is 82.3 Å². The second-order valence-corrected chi connectivity index (χ2v) is 4.39. The van der Waals surface area contributed by atoms with Gasteiger partial charge in [0.05, 0.1) is 5.69 Å². The Morgan fingerprint density at radius 2 is 1.68 bits per heavy atom. The van der Waals surface area contributed by atoms with Crippen LogP contribution in [-0.2, 0) is 4.79 Å². The van der Waals surface area contributed by atoms with Crippen LogP contribution in [0.3, 0.4) is 0 Å². The number of amides is 3. The van der Waals surface area contributed by atoms with Crippen LogP contribution in [0.1, 0.15) is 19.8 Å². The van der Waals surface area contributed by atoms with Gasteiger partial charge in [0.25, 0.3) is 0 Å². The van der Waals surface area contributed by atoms with Gasteiger partial charge in [-0.05, 0) is 30.7 Å². The van der Waals surface area contributed by atoms with E-state index in [0.29, 0.717) is 12.2 Å². The van der Waals surface area contributed by atoms with Gasteiger partial charge in [-0.2, -0.15) is 13.2 Å². The third kappa shape index (κ3) is 6.33. The lowest BCUT2D eigenvalue weighted by atomic mass is 10.3. The van der Waals surface area contributed by atoms with Crippen LogP contribution in [0.25, 0.3) is 0 Å². The summed E-state index contributed by atoms with van der Waals surface area (Å²) >= 11 is 0. The summed E-state index contributed by atoms with van der Waals surface area (Å²) in [5.41, 5.74) is 4.36. The Balaban J connectivity index is 2.43. The monoisotopic (exact) mass is 318 g/mol. The summed E-state index contributed by atoms with van der Waals surface area (Å²) in [5, 5.41) is 5.23. The van der Waals surface area contributed by atoms with E-state index >= 15 is 0 Å². The van der Waals surface area contributed by atoms with Gasteiger partial charge in [0, 0.05) is 12.2 Å². The van der Waals surface area contributed by atoms with Gasteiger partial charge < -0.3 is 10.6 Å². The maximum Gasteiger partial charge on any atom is 0.472 e. The van der Waals surface area contributed by atoms with Crippen molar-refractivity contribution >= 4 is 23.3 Å². The van der Waals surface area contributed by atoms with Crippen molar-refractivity contribution in [1.29, 1.82) is 0 Å². The normalized spacial score (nSPS) is 10.7. The minimum absolute atomic E-state index is 0.245. The molecule has 1 aromatic rings. The highest BCUT2D eigenvalue weighted by atomic mass is 19.4. The number of rotatable bonds is 6. The van der Waals surface area contributed by atoms with Crippen molar-refractivity contribution in [3.05, 3.63) is 24.3 Å². The number of carbonyl (C=O) groups is 2. The van der Waals surface area contributed by atoms with Gasteiger partial charge in [-0.15, -0.1) is 0 Å². The van der Waals surface area contributed by atoms with Crippen molar-refractivity contribution in [3.8, 4) is 0 Å². The van der Waals surface area contributed by atoms with E-state index in [4.69, 9.17) is 0 Å². The molecular weight excluding hydrogens is 301 g/mol. The average Bonchev–Trinajstić information content (AvgIpc) is 2.45. The van der Waals surface area contributed by atoms with Crippen molar-refractivity contribution < 1.29 is 22.8 Å². The number of nitrogens with one attached hydrogen (secondary N) is 4. The van der Waals surface area contributed by atoms with E-state index in [9.17, 15) is 22.8 Å². The lowest BCUT2D eigenvalue weighted by Crippen LogP contribution is -2.40. The predicted octanol–water partition coefficient (Wildman–Crippen LogP) is 2.61. The Bertz CT molecular complexity index is 503. The molecule has 122 valence electrons. The van der Waals surface area contributed by atoms with E-state index < -0.39 is 12.1 Å². The molecule has 6 nitrogen and oxygen atoms in total. The van der Waals surface area contributed by atoms with Crippen LogP contribution in [0.2, 0.25) is 0 Å².